The summed E-state index contributed by atoms with van der Waals surface area (Å²) in [6.45, 7) is 2.36. The van der Waals surface area contributed by atoms with Gasteiger partial charge in [0.15, 0.2) is 5.82 Å². The third-order valence-corrected chi connectivity index (χ3v) is 6.28. The van der Waals surface area contributed by atoms with Gasteiger partial charge in [0.1, 0.15) is 11.4 Å². The first-order valence-corrected chi connectivity index (χ1v) is 10.2. The molecule has 6 nitrogen and oxygen atoms in total. The lowest BCUT2D eigenvalue weighted by Gasteiger charge is -2.27. The summed E-state index contributed by atoms with van der Waals surface area (Å²) in [6, 6.07) is 7.44. The van der Waals surface area contributed by atoms with E-state index in [1.165, 1.54) is 16.2 Å². The van der Waals surface area contributed by atoms with Gasteiger partial charge in [0.2, 0.25) is 5.91 Å². The molecule has 3 heterocycles. The van der Waals surface area contributed by atoms with E-state index >= 15 is 0 Å². The summed E-state index contributed by atoms with van der Waals surface area (Å²) in [7, 11) is 0. The Morgan fingerprint density at radius 1 is 1.30 bits per heavy atom. The number of benzene rings is 1. The molecule has 1 aromatic carbocycles. The summed E-state index contributed by atoms with van der Waals surface area (Å²) in [6.07, 6.45) is 1.58. The van der Waals surface area contributed by atoms with Crippen molar-refractivity contribution in [3.63, 3.8) is 0 Å². The first-order chi connectivity index (χ1) is 13.0. The van der Waals surface area contributed by atoms with E-state index in [1.807, 2.05) is 29.6 Å². The van der Waals surface area contributed by atoms with Crippen molar-refractivity contribution in [2.45, 2.75) is 19.4 Å². The minimum Gasteiger partial charge on any atom is -0.369 e. The molecule has 0 bridgehead atoms. The predicted octanol–water partition coefficient (Wildman–Crippen LogP) is 1.59. The molecule has 1 fully saturated rings. The number of nitrogens with two attached hydrogens (primary N) is 1. The molecule has 1 saturated heterocycles. The van der Waals surface area contributed by atoms with Crippen molar-refractivity contribution in [1.82, 2.24) is 9.97 Å². The van der Waals surface area contributed by atoms with Gasteiger partial charge >= 0.3 is 0 Å². The highest BCUT2D eigenvalue weighted by Crippen LogP contribution is 2.31. The quantitative estimate of drug-likeness (QED) is 0.617. The number of nitrogens with zero attached hydrogens (tertiary/aromatic N) is 1. The van der Waals surface area contributed by atoms with Crippen molar-refractivity contribution in [2.75, 3.05) is 13.1 Å². The molecular formula is C19H20ClN4O2S+. The van der Waals surface area contributed by atoms with E-state index in [0.29, 0.717) is 22.8 Å². The van der Waals surface area contributed by atoms with E-state index in [4.69, 9.17) is 17.3 Å². The largest absolute Gasteiger partial charge is 0.369 e. The van der Waals surface area contributed by atoms with Crippen LogP contribution in [0.15, 0.2) is 34.4 Å². The number of amides is 1. The summed E-state index contributed by atoms with van der Waals surface area (Å²) in [5, 5.41) is 3.25. The highest BCUT2D eigenvalue weighted by Gasteiger charge is 2.26. The average molecular weight is 404 g/mol. The number of fused-ring (bicyclic) bond motifs is 1. The van der Waals surface area contributed by atoms with Crippen LogP contribution >= 0.6 is 22.9 Å². The number of nitrogens with one attached hydrogen (secondary N) is 2. The van der Waals surface area contributed by atoms with Crippen molar-refractivity contribution in [3.8, 4) is 11.1 Å². The van der Waals surface area contributed by atoms with Crippen LogP contribution in [0.5, 0.6) is 0 Å². The van der Waals surface area contributed by atoms with Gasteiger partial charge < -0.3 is 15.6 Å². The molecule has 3 aromatic rings. The predicted molar refractivity (Wildman–Crippen MR) is 107 cm³/mol. The van der Waals surface area contributed by atoms with E-state index in [9.17, 15) is 9.59 Å². The zero-order valence-corrected chi connectivity index (χ0v) is 16.2. The molecule has 2 aromatic heterocycles. The number of aromatic amines is 1. The zero-order chi connectivity index (χ0) is 19.0. The van der Waals surface area contributed by atoms with Gasteiger partial charge in [-0.1, -0.05) is 23.7 Å². The number of aromatic nitrogens is 2. The van der Waals surface area contributed by atoms with Crippen LogP contribution in [0.2, 0.25) is 5.02 Å². The van der Waals surface area contributed by atoms with Crippen LogP contribution in [0, 0.1) is 5.92 Å². The molecule has 4 N–H and O–H groups in total. The van der Waals surface area contributed by atoms with Crippen LogP contribution < -0.4 is 16.2 Å². The molecule has 1 aliphatic heterocycles. The highest BCUT2D eigenvalue weighted by atomic mass is 35.5. The lowest BCUT2D eigenvalue weighted by molar-refractivity contribution is -0.920. The van der Waals surface area contributed by atoms with E-state index in [1.54, 1.807) is 0 Å². The molecule has 1 aliphatic rings. The summed E-state index contributed by atoms with van der Waals surface area (Å²) >= 11 is 7.43. The first kappa shape index (κ1) is 18.2. The van der Waals surface area contributed by atoms with Crippen LogP contribution in [0.3, 0.4) is 0 Å². The maximum absolute atomic E-state index is 12.7. The van der Waals surface area contributed by atoms with E-state index in [0.717, 1.165) is 41.9 Å². The van der Waals surface area contributed by atoms with Crippen LogP contribution in [0.4, 0.5) is 0 Å². The van der Waals surface area contributed by atoms with Crippen molar-refractivity contribution < 1.29 is 9.69 Å². The van der Waals surface area contributed by atoms with Crippen LogP contribution in [0.25, 0.3) is 21.3 Å². The number of primary amides is 1. The van der Waals surface area contributed by atoms with Crippen LogP contribution in [-0.2, 0) is 11.3 Å². The Kier molecular flexibility index (Phi) is 4.99. The van der Waals surface area contributed by atoms with Crippen molar-refractivity contribution in [2.24, 2.45) is 11.7 Å². The number of rotatable bonds is 4. The van der Waals surface area contributed by atoms with Gasteiger partial charge in [-0.25, -0.2) is 4.98 Å². The number of halogens is 1. The molecule has 0 atom stereocenters. The minimum absolute atomic E-state index is 0.0255. The third-order valence-electron chi connectivity index (χ3n) is 5.16. The summed E-state index contributed by atoms with van der Waals surface area (Å²) in [5.74, 6) is 0.447. The van der Waals surface area contributed by atoms with Gasteiger partial charge in [-0.15, -0.1) is 11.3 Å². The maximum atomic E-state index is 12.7. The van der Waals surface area contributed by atoms with E-state index in [2.05, 4.69) is 9.97 Å². The standard InChI is InChI=1S/C19H19ClN4O2S/c20-13-3-1-11(2-4-13)14-10-27-19-16(14)18(26)22-15(23-19)9-24-7-5-12(6-8-24)17(21)25/h1-4,10,12H,5-9H2,(H2,21,25)(H,22,23,26)/p+1. The van der Waals surface area contributed by atoms with Crippen molar-refractivity contribution in [3.05, 3.63) is 50.8 Å². The second-order valence-corrected chi connectivity index (χ2v) is 8.25. The second kappa shape index (κ2) is 7.42. The minimum atomic E-state index is -0.213. The first-order valence-electron chi connectivity index (χ1n) is 8.90. The summed E-state index contributed by atoms with van der Waals surface area (Å²) in [5.41, 5.74) is 7.10. The smallest absolute Gasteiger partial charge is 0.260 e. The molecule has 1 amide bonds. The molecule has 27 heavy (non-hydrogen) atoms. The second-order valence-electron chi connectivity index (χ2n) is 6.95. The SMILES string of the molecule is NC(=O)C1CC[NH+](Cc2nc3scc(-c4ccc(Cl)cc4)c3c(=O)[nH]2)CC1. The topological polar surface area (TPSA) is 93.3 Å². The Morgan fingerprint density at radius 2 is 2.00 bits per heavy atom. The van der Waals surface area contributed by atoms with Crippen LogP contribution in [0.1, 0.15) is 18.7 Å². The van der Waals surface area contributed by atoms with Gasteiger partial charge in [0.05, 0.1) is 18.5 Å². The molecule has 0 spiro atoms. The normalized spacial score (nSPS) is 20.0. The number of hydrogen-bond donors (Lipinski definition) is 3. The summed E-state index contributed by atoms with van der Waals surface area (Å²) in [4.78, 5) is 33.7. The number of thiophene rings is 1. The lowest BCUT2D eigenvalue weighted by Crippen LogP contribution is -3.12. The number of carbonyl (C=O) groups is 1. The number of likely N-dealkylation sites (tertiary alicyclic amines) is 1. The third kappa shape index (κ3) is 3.76. The number of piperidine rings is 1. The molecule has 8 heteroatoms. The fraction of sp³-hybridized carbons (Fsp3) is 0.316. The Bertz CT molecular complexity index is 1040. The lowest BCUT2D eigenvalue weighted by atomic mass is 9.96. The molecule has 4 rings (SSSR count). The number of H-pyrrole nitrogens is 1. The van der Waals surface area contributed by atoms with Gasteiger partial charge in [-0.2, -0.15) is 0 Å². The highest BCUT2D eigenvalue weighted by molar-refractivity contribution is 7.17. The molecule has 0 aliphatic carbocycles. The Hall–Kier alpha value is -2.22. The van der Waals surface area contributed by atoms with Gasteiger partial charge in [-0.05, 0) is 17.7 Å². The van der Waals surface area contributed by atoms with Crippen molar-refractivity contribution >= 4 is 39.1 Å². The molecule has 140 valence electrons. The van der Waals surface area contributed by atoms with Gasteiger partial charge in [0, 0.05) is 34.7 Å². The number of carbonyl (C=O) groups excluding carboxylic acids is 1. The van der Waals surface area contributed by atoms with Gasteiger partial charge in [0.25, 0.3) is 5.56 Å². The molecule has 0 radical (unpaired) electrons. The number of hydrogen-bond acceptors (Lipinski definition) is 4. The summed E-state index contributed by atoms with van der Waals surface area (Å²) < 4.78 is 0. The molecular weight excluding hydrogens is 384 g/mol. The monoisotopic (exact) mass is 403 g/mol. The molecule has 0 unspecified atom stereocenters. The fourth-order valence-electron chi connectivity index (χ4n) is 3.64. The van der Waals surface area contributed by atoms with E-state index in [-0.39, 0.29) is 17.4 Å². The Balaban J connectivity index is 1.57. The van der Waals surface area contributed by atoms with E-state index < -0.39 is 0 Å². The number of quaternary nitrogens is 1. The average Bonchev–Trinajstić information content (AvgIpc) is 3.07. The van der Waals surface area contributed by atoms with Crippen molar-refractivity contribution in [1.29, 1.82) is 0 Å². The Labute approximate surface area is 165 Å². The van der Waals surface area contributed by atoms with Crippen LogP contribution in [-0.4, -0.2) is 29.0 Å². The zero-order valence-electron chi connectivity index (χ0n) is 14.6. The molecule has 0 saturated carbocycles. The fourth-order valence-corrected chi connectivity index (χ4v) is 4.74. The van der Waals surface area contributed by atoms with Gasteiger partial charge in [-0.3, -0.25) is 9.59 Å². The maximum Gasteiger partial charge on any atom is 0.260 e. The Morgan fingerprint density at radius 3 is 2.67 bits per heavy atom.